The molecule has 2 atom stereocenters. The second kappa shape index (κ2) is 2.51. The molecule has 3 nitrogen and oxygen atoms in total. The molecule has 0 radical (unpaired) electrons. The Kier molecular flexibility index (Phi) is 1.56. The van der Waals surface area contributed by atoms with Crippen molar-refractivity contribution in [3.63, 3.8) is 0 Å². The zero-order valence-corrected chi connectivity index (χ0v) is 8.82. The first kappa shape index (κ1) is 8.72. The van der Waals surface area contributed by atoms with Gasteiger partial charge in [0.1, 0.15) is 5.72 Å². The number of fused-ring (bicyclic) bond motifs is 1. The van der Waals surface area contributed by atoms with E-state index >= 15 is 0 Å². The largest absolute Gasteiger partial charge is 0.354 e. The van der Waals surface area contributed by atoms with Gasteiger partial charge >= 0.3 is 0 Å². The zero-order valence-electron chi connectivity index (χ0n) is 8.82. The summed E-state index contributed by atoms with van der Waals surface area (Å²) in [6.45, 7) is 4.75. The van der Waals surface area contributed by atoms with Gasteiger partial charge in [-0.2, -0.15) is 0 Å². The lowest BCUT2D eigenvalue weighted by atomic mass is 9.96. The van der Waals surface area contributed by atoms with Gasteiger partial charge in [-0.25, -0.2) is 0 Å². The highest BCUT2D eigenvalue weighted by atomic mass is 16.5. The monoisotopic (exact) mass is 195 g/mol. The summed E-state index contributed by atoms with van der Waals surface area (Å²) in [6, 6.07) is 0.380. The van der Waals surface area contributed by atoms with E-state index in [0.717, 1.165) is 18.9 Å². The van der Waals surface area contributed by atoms with Crippen LogP contribution in [0.3, 0.4) is 0 Å². The fourth-order valence-electron chi connectivity index (χ4n) is 3.07. The number of carbonyl (C=O) groups excluding carboxylic acids is 1. The summed E-state index contributed by atoms with van der Waals surface area (Å²) in [5.41, 5.74) is -0.356. The Morgan fingerprint density at radius 1 is 1.43 bits per heavy atom. The van der Waals surface area contributed by atoms with Crippen LogP contribution in [0.2, 0.25) is 0 Å². The molecule has 78 valence electrons. The minimum Gasteiger partial charge on any atom is -0.354 e. The van der Waals surface area contributed by atoms with Crippen LogP contribution in [0, 0.1) is 11.8 Å². The van der Waals surface area contributed by atoms with Crippen LogP contribution in [0.1, 0.15) is 33.1 Å². The molecule has 1 saturated carbocycles. The Morgan fingerprint density at radius 3 is 2.79 bits per heavy atom. The minimum absolute atomic E-state index is 0.300. The number of rotatable bonds is 1. The van der Waals surface area contributed by atoms with Crippen molar-refractivity contribution in [2.24, 2.45) is 11.8 Å². The van der Waals surface area contributed by atoms with Crippen LogP contribution in [0.4, 0.5) is 0 Å². The van der Waals surface area contributed by atoms with Crippen molar-refractivity contribution in [2.45, 2.75) is 44.9 Å². The molecule has 0 unspecified atom stereocenters. The summed E-state index contributed by atoms with van der Waals surface area (Å²) in [4.78, 5) is 13.8. The van der Waals surface area contributed by atoms with Crippen molar-refractivity contribution in [3.05, 3.63) is 0 Å². The van der Waals surface area contributed by atoms with Crippen LogP contribution in [-0.4, -0.2) is 29.2 Å². The molecule has 0 aromatic carbocycles. The summed E-state index contributed by atoms with van der Waals surface area (Å²) < 4.78 is 5.69. The van der Waals surface area contributed by atoms with Crippen LogP contribution >= 0.6 is 0 Å². The van der Waals surface area contributed by atoms with Crippen LogP contribution < -0.4 is 0 Å². The fraction of sp³-hybridized carbons (Fsp3) is 0.909. The molecule has 3 heteroatoms. The van der Waals surface area contributed by atoms with Gasteiger partial charge in [0.25, 0.3) is 0 Å². The van der Waals surface area contributed by atoms with E-state index in [2.05, 4.69) is 0 Å². The second-order valence-corrected chi connectivity index (χ2v) is 5.29. The summed E-state index contributed by atoms with van der Waals surface area (Å²) in [6.07, 6.45) is 3.41. The van der Waals surface area contributed by atoms with E-state index < -0.39 is 0 Å². The predicted octanol–water partition coefficient (Wildman–Crippen LogP) is 1.38. The van der Waals surface area contributed by atoms with Crippen molar-refractivity contribution in [1.82, 2.24) is 4.90 Å². The van der Waals surface area contributed by atoms with E-state index in [1.54, 1.807) is 0 Å². The minimum atomic E-state index is -0.356. The van der Waals surface area contributed by atoms with Crippen LogP contribution in [-0.2, 0) is 9.53 Å². The quantitative estimate of drug-likeness (QED) is 0.632. The van der Waals surface area contributed by atoms with E-state index in [0.29, 0.717) is 17.9 Å². The number of amides is 1. The molecule has 0 aromatic rings. The van der Waals surface area contributed by atoms with Crippen LogP contribution in [0.5, 0.6) is 0 Å². The molecule has 0 N–H and O–H groups in total. The van der Waals surface area contributed by atoms with E-state index in [1.165, 1.54) is 12.8 Å². The fourth-order valence-corrected chi connectivity index (χ4v) is 3.07. The van der Waals surface area contributed by atoms with Gasteiger partial charge in [-0.05, 0) is 38.5 Å². The molecule has 2 heterocycles. The normalized spacial score (nSPS) is 40.4. The lowest BCUT2D eigenvalue weighted by Crippen LogP contribution is -2.44. The average molecular weight is 195 g/mol. The molecular formula is C11H17NO2. The third-order valence-electron chi connectivity index (χ3n) is 3.92. The Bertz CT molecular complexity index is 283. The molecule has 14 heavy (non-hydrogen) atoms. The van der Waals surface area contributed by atoms with Crippen molar-refractivity contribution < 1.29 is 9.53 Å². The number of hydrogen-bond acceptors (Lipinski definition) is 2. The molecule has 2 aliphatic heterocycles. The highest BCUT2D eigenvalue weighted by molar-refractivity contribution is 5.80. The molecule has 0 bridgehead atoms. The van der Waals surface area contributed by atoms with Crippen molar-refractivity contribution in [3.8, 4) is 0 Å². The van der Waals surface area contributed by atoms with Crippen molar-refractivity contribution in [1.29, 1.82) is 0 Å². The highest BCUT2D eigenvalue weighted by Crippen LogP contribution is 2.49. The Balaban J connectivity index is 1.88. The predicted molar refractivity (Wildman–Crippen MR) is 51.5 cm³/mol. The molecule has 1 aliphatic carbocycles. The lowest BCUT2D eigenvalue weighted by molar-refractivity contribution is -0.141. The van der Waals surface area contributed by atoms with E-state index in [1.807, 2.05) is 18.7 Å². The first-order chi connectivity index (χ1) is 6.59. The summed E-state index contributed by atoms with van der Waals surface area (Å²) >= 11 is 0. The summed E-state index contributed by atoms with van der Waals surface area (Å²) in [7, 11) is 0. The van der Waals surface area contributed by atoms with Crippen molar-refractivity contribution >= 4 is 5.91 Å². The Hall–Kier alpha value is -0.570. The number of carbonyl (C=O) groups is 1. The second-order valence-electron chi connectivity index (χ2n) is 5.29. The van der Waals surface area contributed by atoms with Gasteiger partial charge in [0.15, 0.2) is 0 Å². The maximum atomic E-state index is 11.9. The average Bonchev–Trinajstić information content (AvgIpc) is 2.81. The van der Waals surface area contributed by atoms with Gasteiger partial charge in [-0.3, -0.25) is 4.79 Å². The molecule has 2 saturated heterocycles. The molecule has 3 aliphatic rings. The summed E-state index contributed by atoms with van der Waals surface area (Å²) in [5.74, 6) is 1.70. The van der Waals surface area contributed by atoms with Gasteiger partial charge in [-0.15, -0.1) is 0 Å². The third kappa shape index (κ3) is 1.05. The molecule has 0 aromatic heterocycles. The van der Waals surface area contributed by atoms with E-state index in [9.17, 15) is 4.79 Å². The first-order valence-electron chi connectivity index (χ1n) is 5.56. The maximum absolute atomic E-state index is 11.9. The lowest BCUT2D eigenvalue weighted by Gasteiger charge is -2.29. The molecule has 1 amide bonds. The van der Waals surface area contributed by atoms with Crippen LogP contribution in [0.15, 0.2) is 0 Å². The van der Waals surface area contributed by atoms with Gasteiger partial charge in [-0.1, -0.05) is 0 Å². The SMILES string of the molecule is CC1(C)OC[C@@H]2[C@H](C3CC3)CC(=O)N21. The number of ether oxygens (including phenoxy) is 1. The van der Waals surface area contributed by atoms with Crippen LogP contribution in [0.25, 0.3) is 0 Å². The Labute approximate surface area is 84.4 Å². The number of hydrogen-bond donors (Lipinski definition) is 0. The summed E-state index contributed by atoms with van der Waals surface area (Å²) in [5, 5.41) is 0. The first-order valence-corrected chi connectivity index (χ1v) is 5.56. The van der Waals surface area contributed by atoms with E-state index in [4.69, 9.17) is 4.74 Å². The van der Waals surface area contributed by atoms with Gasteiger partial charge < -0.3 is 9.64 Å². The van der Waals surface area contributed by atoms with Crippen molar-refractivity contribution in [2.75, 3.05) is 6.61 Å². The smallest absolute Gasteiger partial charge is 0.225 e. The molecule has 0 spiro atoms. The molecule has 3 rings (SSSR count). The number of nitrogens with zero attached hydrogens (tertiary/aromatic N) is 1. The topological polar surface area (TPSA) is 29.5 Å². The Morgan fingerprint density at radius 2 is 2.14 bits per heavy atom. The zero-order chi connectivity index (χ0) is 9.92. The van der Waals surface area contributed by atoms with Gasteiger partial charge in [0.05, 0.1) is 12.6 Å². The van der Waals surface area contributed by atoms with Gasteiger partial charge in [0, 0.05) is 6.42 Å². The maximum Gasteiger partial charge on any atom is 0.225 e. The van der Waals surface area contributed by atoms with Gasteiger partial charge in [0.2, 0.25) is 5.91 Å². The molecule has 3 fully saturated rings. The molecular weight excluding hydrogens is 178 g/mol. The van der Waals surface area contributed by atoms with E-state index in [-0.39, 0.29) is 5.72 Å². The third-order valence-corrected chi connectivity index (χ3v) is 3.92. The highest BCUT2D eigenvalue weighted by Gasteiger charge is 2.55. The standard InChI is InChI=1S/C11H17NO2/c1-11(2)12-9(6-14-11)8(5-10(12)13)7-3-4-7/h7-9H,3-6H2,1-2H3/t8-,9+/m0/s1.